The van der Waals surface area contributed by atoms with Crippen molar-refractivity contribution in [3.8, 4) is 0 Å². The Morgan fingerprint density at radius 2 is 2.16 bits per heavy atom. The standard InChI is InChI=1S/C11H11BrClNO4S/c12-7-3-1-5-9(10(7)13)19(17,18)14-6-2-4-8(14)11(15)16/h1,3,5,8H,2,4,6H2,(H,15,16). The van der Waals surface area contributed by atoms with E-state index in [4.69, 9.17) is 16.7 Å². The largest absolute Gasteiger partial charge is 0.480 e. The van der Waals surface area contributed by atoms with E-state index in [1.165, 1.54) is 6.07 Å². The number of aliphatic carboxylic acids is 1. The Balaban J connectivity index is 2.48. The van der Waals surface area contributed by atoms with E-state index in [0.717, 1.165) is 4.31 Å². The van der Waals surface area contributed by atoms with Gasteiger partial charge in [0.2, 0.25) is 10.0 Å². The van der Waals surface area contributed by atoms with Crippen molar-refractivity contribution in [2.24, 2.45) is 0 Å². The van der Waals surface area contributed by atoms with Crippen LogP contribution < -0.4 is 0 Å². The Morgan fingerprint density at radius 1 is 1.47 bits per heavy atom. The fourth-order valence-electron chi connectivity index (χ4n) is 2.08. The predicted molar refractivity (Wildman–Crippen MR) is 73.7 cm³/mol. The highest BCUT2D eigenvalue weighted by Gasteiger charge is 2.40. The second-order valence-electron chi connectivity index (χ2n) is 4.16. The summed E-state index contributed by atoms with van der Waals surface area (Å²) in [5, 5.41) is 9.14. The molecule has 2 rings (SSSR count). The van der Waals surface area contributed by atoms with Crippen LogP contribution in [0.4, 0.5) is 0 Å². The number of hydrogen-bond acceptors (Lipinski definition) is 3. The molecule has 1 atom stereocenters. The van der Waals surface area contributed by atoms with Crippen molar-refractivity contribution in [2.45, 2.75) is 23.8 Å². The van der Waals surface area contributed by atoms with Gasteiger partial charge in [0, 0.05) is 11.0 Å². The van der Waals surface area contributed by atoms with E-state index in [9.17, 15) is 13.2 Å². The van der Waals surface area contributed by atoms with Gasteiger partial charge in [-0.05, 0) is 40.9 Å². The zero-order valence-electron chi connectivity index (χ0n) is 9.71. The summed E-state index contributed by atoms with van der Waals surface area (Å²) in [7, 11) is -3.90. The highest BCUT2D eigenvalue weighted by Crippen LogP contribution is 2.34. The molecule has 0 radical (unpaired) electrons. The number of rotatable bonds is 3. The lowest BCUT2D eigenvalue weighted by Crippen LogP contribution is -2.40. The quantitative estimate of drug-likeness (QED) is 0.888. The van der Waals surface area contributed by atoms with Crippen molar-refractivity contribution >= 4 is 43.5 Å². The van der Waals surface area contributed by atoms with Gasteiger partial charge in [-0.15, -0.1) is 0 Å². The number of carbonyl (C=O) groups is 1. The molecule has 1 aliphatic heterocycles. The Bertz CT molecular complexity index is 619. The molecule has 19 heavy (non-hydrogen) atoms. The van der Waals surface area contributed by atoms with Gasteiger partial charge in [-0.2, -0.15) is 4.31 Å². The summed E-state index contributed by atoms with van der Waals surface area (Å²) in [6.45, 7) is 0.197. The van der Waals surface area contributed by atoms with Crippen molar-refractivity contribution in [1.82, 2.24) is 4.31 Å². The maximum absolute atomic E-state index is 12.5. The predicted octanol–water partition coefficient (Wildman–Crippen LogP) is 2.34. The van der Waals surface area contributed by atoms with E-state index in [1.54, 1.807) is 12.1 Å². The van der Waals surface area contributed by atoms with Gasteiger partial charge in [0.1, 0.15) is 10.9 Å². The SMILES string of the molecule is O=C(O)C1CCCN1S(=O)(=O)c1cccc(Br)c1Cl. The zero-order valence-corrected chi connectivity index (χ0v) is 12.9. The Labute approximate surface area is 124 Å². The molecule has 1 heterocycles. The van der Waals surface area contributed by atoms with Gasteiger partial charge in [0.15, 0.2) is 0 Å². The molecule has 1 aliphatic rings. The fourth-order valence-corrected chi connectivity index (χ4v) is 4.74. The number of halogens is 2. The first kappa shape index (κ1) is 14.8. The number of nitrogens with zero attached hydrogens (tertiary/aromatic N) is 1. The fraction of sp³-hybridized carbons (Fsp3) is 0.364. The van der Waals surface area contributed by atoms with Crippen molar-refractivity contribution in [3.63, 3.8) is 0 Å². The van der Waals surface area contributed by atoms with Crippen LogP contribution in [0.5, 0.6) is 0 Å². The molecule has 0 saturated carbocycles. The van der Waals surface area contributed by atoms with Crippen LogP contribution in [0.15, 0.2) is 27.6 Å². The second-order valence-corrected chi connectivity index (χ2v) is 7.26. The maximum Gasteiger partial charge on any atom is 0.322 e. The maximum atomic E-state index is 12.5. The van der Waals surface area contributed by atoms with Crippen molar-refractivity contribution in [3.05, 3.63) is 27.7 Å². The van der Waals surface area contributed by atoms with E-state index in [-0.39, 0.29) is 16.5 Å². The van der Waals surface area contributed by atoms with E-state index in [0.29, 0.717) is 17.3 Å². The molecule has 8 heteroatoms. The minimum absolute atomic E-state index is 0.0681. The highest BCUT2D eigenvalue weighted by molar-refractivity contribution is 9.10. The Kier molecular flexibility index (Phi) is 4.20. The first-order chi connectivity index (χ1) is 8.85. The normalized spacial score (nSPS) is 20.6. The summed E-state index contributed by atoms with van der Waals surface area (Å²) in [5.41, 5.74) is 0. The smallest absolute Gasteiger partial charge is 0.322 e. The summed E-state index contributed by atoms with van der Waals surface area (Å²) in [5.74, 6) is -1.13. The van der Waals surface area contributed by atoms with Gasteiger partial charge in [-0.3, -0.25) is 4.79 Å². The van der Waals surface area contributed by atoms with Gasteiger partial charge in [0.25, 0.3) is 0 Å². The Hall–Kier alpha value is -0.630. The molecule has 1 aromatic carbocycles. The minimum Gasteiger partial charge on any atom is -0.480 e. The summed E-state index contributed by atoms with van der Waals surface area (Å²) in [6, 6.07) is 3.54. The van der Waals surface area contributed by atoms with E-state index >= 15 is 0 Å². The molecule has 0 aliphatic carbocycles. The number of carboxylic acid groups (broad SMARTS) is 1. The first-order valence-electron chi connectivity index (χ1n) is 5.54. The summed E-state index contributed by atoms with van der Waals surface area (Å²) in [4.78, 5) is 11.0. The number of sulfonamides is 1. The Morgan fingerprint density at radius 3 is 2.79 bits per heavy atom. The molecule has 0 bridgehead atoms. The molecule has 0 spiro atoms. The third-order valence-corrected chi connectivity index (χ3v) is 6.35. The van der Waals surface area contributed by atoms with Crippen LogP contribution in [0.2, 0.25) is 5.02 Å². The average Bonchev–Trinajstić information content (AvgIpc) is 2.82. The molecule has 5 nitrogen and oxygen atoms in total. The van der Waals surface area contributed by atoms with E-state index < -0.39 is 22.0 Å². The zero-order chi connectivity index (χ0) is 14.2. The average molecular weight is 369 g/mol. The van der Waals surface area contributed by atoms with Crippen LogP contribution in [0.3, 0.4) is 0 Å². The highest BCUT2D eigenvalue weighted by atomic mass is 79.9. The van der Waals surface area contributed by atoms with E-state index in [1.807, 2.05) is 0 Å². The molecule has 1 saturated heterocycles. The lowest BCUT2D eigenvalue weighted by molar-refractivity contribution is -0.140. The molecular weight excluding hydrogens is 358 g/mol. The third kappa shape index (κ3) is 2.65. The monoisotopic (exact) mass is 367 g/mol. The van der Waals surface area contributed by atoms with Crippen LogP contribution in [-0.2, 0) is 14.8 Å². The van der Waals surface area contributed by atoms with E-state index in [2.05, 4.69) is 15.9 Å². The molecule has 0 aromatic heterocycles. The van der Waals surface area contributed by atoms with Gasteiger partial charge >= 0.3 is 5.97 Å². The van der Waals surface area contributed by atoms with Gasteiger partial charge in [-0.1, -0.05) is 17.7 Å². The van der Waals surface area contributed by atoms with Crippen LogP contribution in [0, 0.1) is 0 Å². The lowest BCUT2D eigenvalue weighted by Gasteiger charge is -2.21. The molecule has 104 valence electrons. The van der Waals surface area contributed by atoms with Crippen LogP contribution in [0.25, 0.3) is 0 Å². The molecule has 1 fully saturated rings. The molecule has 1 unspecified atom stereocenters. The third-order valence-electron chi connectivity index (χ3n) is 2.99. The van der Waals surface area contributed by atoms with Crippen LogP contribution >= 0.6 is 27.5 Å². The molecular formula is C11H11BrClNO4S. The molecule has 0 amide bonds. The topological polar surface area (TPSA) is 74.7 Å². The minimum atomic E-state index is -3.90. The number of hydrogen-bond donors (Lipinski definition) is 1. The number of carboxylic acids is 1. The second kappa shape index (κ2) is 5.40. The van der Waals surface area contributed by atoms with Gasteiger partial charge < -0.3 is 5.11 Å². The summed E-state index contributed by atoms with van der Waals surface area (Å²) < 4.78 is 26.4. The van der Waals surface area contributed by atoms with Crippen LogP contribution in [0.1, 0.15) is 12.8 Å². The first-order valence-corrected chi connectivity index (χ1v) is 8.15. The van der Waals surface area contributed by atoms with Gasteiger partial charge in [0.05, 0.1) is 5.02 Å². The molecule has 1 N–H and O–H groups in total. The van der Waals surface area contributed by atoms with Crippen molar-refractivity contribution in [1.29, 1.82) is 0 Å². The summed E-state index contributed by atoms with van der Waals surface area (Å²) >= 11 is 9.14. The van der Waals surface area contributed by atoms with Gasteiger partial charge in [-0.25, -0.2) is 8.42 Å². The van der Waals surface area contributed by atoms with Crippen molar-refractivity contribution in [2.75, 3.05) is 6.54 Å². The lowest BCUT2D eigenvalue weighted by atomic mass is 10.2. The van der Waals surface area contributed by atoms with Crippen LogP contribution in [-0.4, -0.2) is 36.4 Å². The molecule has 1 aromatic rings. The van der Waals surface area contributed by atoms with Crippen molar-refractivity contribution < 1.29 is 18.3 Å². The number of benzene rings is 1. The summed E-state index contributed by atoms with van der Waals surface area (Å²) in [6.07, 6.45) is 0.849.